The van der Waals surface area contributed by atoms with Crippen LogP contribution in [0.15, 0.2) is 40.9 Å². The highest BCUT2D eigenvalue weighted by Gasteiger charge is 2.17. The van der Waals surface area contributed by atoms with Gasteiger partial charge in [0.1, 0.15) is 17.5 Å². The quantitative estimate of drug-likeness (QED) is 0.652. The summed E-state index contributed by atoms with van der Waals surface area (Å²) in [6.45, 7) is 1.88. The Balaban J connectivity index is 1.39. The molecule has 1 saturated heterocycles. The van der Waals surface area contributed by atoms with Crippen molar-refractivity contribution in [1.82, 2.24) is 15.2 Å². The molecule has 2 aromatic heterocycles. The minimum atomic E-state index is -0.700. The lowest BCUT2D eigenvalue weighted by atomic mass is 10.3. The van der Waals surface area contributed by atoms with E-state index in [0.717, 1.165) is 48.6 Å². The summed E-state index contributed by atoms with van der Waals surface area (Å²) in [5.41, 5.74) is 0.283. The van der Waals surface area contributed by atoms with Crippen molar-refractivity contribution >= 4 is 40.9 Å². The van der Waals surface area contributed by atoms with Gasteiger partial charge in [-0.05, 0) is 24.3 Å². The maximum Gasteiger partial charge on any atom is 0.320 e. The zero-order valence-corrected chi connectivity index (χ0v) is 15.9. The second kappa shape index (κ2) is 8.43. The third-order valence-electron chi connectivity index (χ3n) is 4.13. The minimum absolute atomic E-state index is 0.184. The van der Waals surface area contributed by atoms with Crippen molar-refractivity contribution in [2.24, 2.45) is 0 Å². The molecule has 1 aromatic carbocycles. The summed E-state index contributed by atoms with van der Waals surface area (Å²) in [5, 5.41) is 12.3. The number of benzene rings is 1. The lowest BCUT2D eigenvalue weighted by molar-refractivity contribution is 0.0991. The average Bonchev–Trinajstić information content (AvgIpc) is 3.21. The topological polar surface area (TPSA) is 96.2 Å². The molecular weight excluding hydrogens is 402 g/mol. The van der Waals surface area contributed by atoms with Crippen LogP contribution in [0, 0.1) is 11.6 Å². The fourth-order valence-corrected chi connectivity index (χ4v) is 3.60. The third-order valence-corrected chi connectivity index (χ3v) is 5.07. The van der Waals surface area contributed by atoms with Gasteiger partial charge < -0.3 is 20.0 Å². The summed E-state index contributed by atoms with van der Waals surface area (Å²) < 4.78 is 32.1. The Bertz CT molecular complexity index is 1010. The van der Waals surface area contributed by atoms with E-state index in [-0.39, 0.29) is 17.6 Å². The standard InChI is InChI=1S/C18H16F2N6O2S/c19-11-1-3-13(20)14(9-11)23-18-25-24-17(28-18)16(27)22-12-2-4-15(21-10-12)26-5-7-29-8-6-26/h1-4,9-10H,5-8H2,(H,22,27)(H,23,25). The van der Waals surface area contributed by atoms with Crippen LogP contribution in [0.4, 0.5) is 32.0 Å². The number of nitrogens with zero attached hydrogens (tertiary/aromatic N) is 4. The Morgan fingerprint density at radius 2 is 1.97 bits per heavy atom. The van der Waals surface area contributed by atoms with Crippen LogP contribution in [0.25, 0.3) is 0 Å². The van der Waals surface area contributed by atoms with Gasteiger partial charge >= 0.3 is 17.8 Å². The maximum absolute atomic E-state index is 13.7. The van der Waals surface area contributed by atoms with Gasteiger partial charge in [0.05, 0.1) is 17.6 Å². The molecule has 1 aliphatic rings. The Hall–Kier alpha value is -3.21. The van der Waals surface area contributed by atoms with Gasteiger partial charge in [0.15, 0.2) is 0 Å². The Morgan fingerprint density at radius 3 is 2.72 bits per heavy atom. The van der Waals surface area contributed by atoms with Crippen molar-refractivity contribution < 1.29 is 18.0 Å². The second-order valence-electron chi connectivity index (χ2n) is 6.12. The number of carbonyl (C=O) groups is 1. The fourth-order valence-electron chi connectivity index (χ4n) is 2.70. The smallest absolute Gasteiger partial charge is 0.320 e. The molecule has 1 aliphatic heterocycles. The molecule has 4 rings (SSSR count). The van der Waals surface area contributed by atoms with Crippen molar-refractivity contribution in [2.75, 3.05) is 40.1 Å². The van der Waals surface area contributed by atoms with Crippen LogP contribution in [0.5, 0.6) is 0 Å². The van der Waals surface area contributed by atoms with E-state index in [1.54, 1.807) is 12.3 Å². The molecule has 0 spiro atoms. The summed E-state index contributed by atoms with van der Waals surface area (Å²) in [7, 11) is 0. The average molecular weight is 418 g/mol. The predicted octanol–water partition coefficient (Wildman–Crippen LogP) is 3.29. The number of halogens is 2. The molecule has 0 atom stereocenters. The van der Waals surface area contributed by atoms with Crippen LogP contribution in [0.1, 0.15) is 10.7 Å². The van der Waals surface area contributed by atoms with E-state index in [2.05, 4.69) is 30.7 Å². The van der Waals surface area contributed by atoms with Gasteiger partial charge in [0.25, 0.3) is 0 Å². The Labute approximate surface area is 168 Å². The monoisotopic (exact) mass is 418 g/mol. The first-order valence-electron chi connectivity index (χ1n) is 8.74. The van der Waals surface area contributed by atoms with Gasteiger partial charge in [-0.2, -0.15) is 11.8 Å². The number of amides is 1. The first-order valence-corrected chi connectivity index (χ1v) is 9.89. The van der Waals surface area contributed by atoms with Crippen LogP contribution in [0.2, 0.25) is 0 Å². The van der Waals surface area contributed by atoms with E-state index in [0.29, 0.717) is 5.69 Å². The van der Waals surface area contributed by atoms with Crippen LogP contribution < -0.4 is 15.5 Å². The summed E-state index contributed by atoms with van der Waals surface area (Å²) >= 11 is 1.91. The largest absolute Gasteiger partial charge is 0.399 e. The highest BCUT2D eigenvalue weighted by atomic mass is 32.2. The van der Waals surface area contributed by atoms with E-state index in [1.807, 2.05) is 17.8 Å². The molecule has 1 fully saturated rings. The van der Waals surface area contributed by atoms with Crippen molar-refractivity contribution in [3.05, 3.63) is 54.1 Å². The molecule has 0 saturated carbocycles. The summed E-state index contributed by atoms with van der Waals surface area (Å²) in [6.07, 6.45) is 1.55. The summed E-state index contributed by atoms with van der Waals surface area (Å²) in [6, 6.07) is 6.21. The van der Waals surface area contributed by atoms with Gasteiger partial charge in [0, 0.05) is 30.7 Å². The molecule has 0 aliphatic carbocycles. The zero-order valence-electron chi connectivity index (χ0n) is 15.1. The Kier molecular flexibility index (Phi) is 5.56. The summed E-state index contributed by atoms with van der Waals surface area (Å²) in [4.78, 5) is 18.8. The SMILES string of the molecule is O=C(Nc1ccc(N2CCSCC2)nc1)c1nnc(Nc2cc(F)ccc2F)o1. The van der Waals surface area contributed by atoms with Crippen molar-refractivity contribution in [1.29, 1.82) is 0 Å². The van der Waals surface area contributed by atoms with Crippen LogP contribution in [-0.4, -0.2) is 45.7 Å². The predicted molar refractivity (Wildman–Crippen MR) is 106 cm³/mol. The maximum atomic E-state index is 13.7. The summed E-state index contributed by atoms with van der Waals surface area (Å²) in [5.74, 6) is 0.667. The first kappa shape index (κ1) is 19.1. The molecule has 0 radical (unpaired) electrons. The number of thioether (sulfide) groups is 1. The van der Waals surface area contributed by atoms with Crippen LogP contribution in [0.3, 0.4) is 0 Å². The minimum Gasteiger partial charge on any atom is -0.399 e. The van der Waals surface area contributed by atoms with Crippen molar-refractivity contribution in [3.8, 4) is 0 Å². The van der Waals surface area contributed by atoms with E-state index in [4.69, 9.17) is 4.42 Å². The Morgan fingerprint density at radius 1 is 1.14 bits per heavy atom. The van der Waals surface area contributed by atoms with E-state index >= 15 is 0 Å². The highest BCUT2D eigenvalue weighted by molar-refractivity contribution is 7.99. The van der Waals surface area contributed by atoms with Crippen LogP contribution in [-0.2, 0) is 0 Å². The van der Waals surface area contributed by atoms with E-state index in [9.17, 15) is 13.6 Å². The van der Waals surface area contributed by atoms with Gasteiger partial charge in [-0.15, -0.1) is 5.10 Å². The molecule has 29 heavy (non-hydrogen) atoms. The van der Waals surface area contributed by atoms with Crippen molar-refractivity contribution in [2.45, 2.75) is 0 Å². The van der Waals surface area contributed by atoms with Gasteiger partial charge in [-0.3, -0.25) is 4.79 Å². The molecular formula is C18H16F2N6O2S. The number of anilines is 4. The van der Waals surface area contributed by atoms with E-state index in [1.165, 1.54) is 0 Å². The number of hydrogen-bond acceptors (Lipinski definition) is 8. The molecule has 8 nitrogen and oxygen atoms in total. The molecule has 2 N–H and O–H groups in total. The number of aromatic nitrogens is 3. The van der Waals surface area contributed by atoms with Crippen molar-refractivity contribution in [3.63, 3.8) is 0 Å². The lowest BCUT2D eigenvalue weighted by Gasteiger charge is -2.27. The molecule has 0 bridgehead atoms. The molecule has 150 valence electrons. The highest BCUT2D eigenvalue weighted by Crippen LogP contribution is 2.21. The number of rotatable bonds is 5. The van der Waals surface area contributed by atoms with Crippen LogP contribution >= 0.6 is 11.8 Å². The van der Waals surface area contributed by atoms with Gasteiger partial charge in [-0.25, -0.2) is 13.8 Å². The lowest BCUT2D eigenvalue weighted by Crippen LogP contribution is -2.33. The molecule has 0 unspecified atom stereocenters. The first-order chi connectivity index (χ1) is 14.1. The molecule has 3 aromatic rings. The van der Waals surface area contributed by atoms with Gasteiger partial charge in [-0.1, -0.05) is 5.10 Å². The molecule has 3 heterocycles. The second-order valence-corrected chi connectivity index (χ2v) is 7.34. The number of pyridine rings is 1. The fraction of sp³-hybridized carbons (Fsp3) is 0.222. The number of hydrogen-bond donors (Lipinski definition) is 2. The normalized spacial score (nSPS) is 13.9. The molecule has 11 heteroatoms. The molecule has 1 amide bonds. The zero-order chi connectivity index (χ0) is 20.2. The third kappa shape index (κ3) is 4.62. The number of carbonyl (C=O) groups excluding carboxylic acids is 1. The number of nitrogens with one attached hydrogen (secondary N) is 2. The van der Waals surface area contributed by atoms with Gasteiger partial charge in [0.2, 0.25) is 0 Å². The van der Waals surface area contributed by atoms with E-state index < -0.39 is 17.5 Å².